The fourth-order valence-corrected chi connectivity index (χ4v) is 5.85. The van der Waals surface area contributed by atoms with E-state index in [2.05, 4.69) is 27.3 Å². The number of amides is 1. The molecule has 1 aromatic heterocycles. The van der Waals surface area contributed by atoms with Crippen molar-refractivity contribution in [3.8, 4) is 0 Å². The molecule has 3 heterocycles. The van der Waals surface area contributed by atoms with Crippen LogP contribution >= 0.6 is 0 Å². The van der Waals surface area contributed by atoms with Crippen molar-refractivity contribution in [1.82, 2.24) is 9.88 Å². The average molecular weight is 497 g/mol. The van der Waals surface area contributed by atoms with Crippen LogP contribution in [0.2, 0.25) is 0 Å². The summed E-state index contributed by atoms with van der Waals surface area (Å²) in [4.78, 5) is 21.3. The normalized spacial score (nSPS) is 18.8. The zero-order valence-electron chi connectivity index (χ0n) is 20.8. The van der Waals surface area contributed by atoms with Crippen LogP contribution in [0.5, 0.6) is 0 Å². The first kappa shape index (κ1) is 24.4. The van der Waals surface area contributed by atoms with Gasteiger partial charge in [0.1, 0.15) is 0 Å². The maximum atomic E-state index is 13.4. The zero-order valence-corrected chi connectivity index (χ0v) is 20.8. The van der Waals surface area contributed by atoms with Crippen LogP contribution in [0.4, 0.5) is 24.5 Å². The molecule has 190 valence electrons. The summed E-state index contributed by atoms with van der Waals surface area (Å²) in [5.41, 5.74) is 2.73. The monoisotopic (exact) mass is 496 g/mol. The van der Waals surface area contributed by atoms with Crippen LogP contribution in [0.25, 0.3) is 10.9 Å². The molecule has 1 spiro atoms. The predicted octanol–water partition coefficient (Wildman–Crippen LogP) is 6.18. The molecule has 0 bridgehead atoms. The van der Waals surface area contributed by atoms with Crippen LogP contribution in [0.3, 0.4) is 0 Å². The van der Waals surface area contributed by atoms with E-state index in [1.54, 1.807) is 12.3 Å². The Bertz CT molecular complexity index is 1300. The summed E-state index contributed by atoms with van der Waals surface area (Å²) in [5.74, 6) is 0.273. The predicted molar refractivity (Wildman–Crippen MR) is 136 cm³/mol. The van der Waals surface area contributed by atoms with E-state index < -0.39 is 11.7 Å². The third-order valence-electron chi connectivity index (χ3n) is 8.06. The molecule has 2 aliphatic heterocycles. The number of nitrogens with one attached hydrogen (secondary N) is 1. The Morgan fingerprint density at radius 3 is 2.44 bits per heavy atom. The van der Waals surface area contributed by atoms with Gasteiger partial charge in [-0.3, -0.25) is 9.78 Å². The van der Waals surface area contributed by atoms with Crippen molar-refractivity contribution in [2.45, 2.75) is 45.3 Å². The Morgan fingerprint density at radius 1 is 1.06 bits per heavy atom. The average Bonchev–Trinajstić information content (AvgIpc) is 3.12. The summed E-state index contributed by atoms with van der Waals surface area (Å²) >= 11 is 0. The van der Waals surface area contributed by atoms with Gasteiger partial charge in [0.2, 0.25) is 5.91 Å². The first-order valence-corrected chi connectivity index (χ1v) is 12.4. The number of piperidine rings is 1. The molecule has 2 saturated heterocycles. The summed E-state index contributed by atoms with van der Waals surface area (Å²) in [6.45, 7) is 5.86. The lowest BCUT2D eigenvalue weighted by Crippen LogP contribution is -2.44. The highest BCUT2D eigenvalue weighted by atomic mass is 19.4. The van der Waals surface area contributed by atoms with E-state index in [4.69, 9.17) is 0 Å². The van der Waals surface area contributed by atoms with Gasteiger partial charge in [-0.25, -0.2) is 0 Å². The highest BCUT2D eigenvalue weighted by Crippen LogP contribution is 2.42. The number of carbonyl (C=O) groups is 1. The summed E-state index contributed by atoms with van der Waals surface area (Å²) in [5, 5.41) is 4.34. The Morgan fingerprint density at radius 2 is 1.78 bits per heavy atom. The van der Waals surface area contributed by atoms with Crippen molar-refractivity contribution >= 4 is 28.2 Å². The van der Waals surface area contributed by atoms with Gasteiger partial charge in [0.15, 0.2) is 0 Å². The molecule has 0 saturated carbocycles. The number of likely N-dealkylation sites (tertiary alicyclic amines) is 1. The molecular formula is C28H31F3N4O. The molecule has 1 atom stereocenters. The molecule has 2 aromatic carbocycles. The van der Waals surface area contributed by atoms with Crippen LogP contribution in [0.1, 0.15) is 48.9 Å². The molecule has 0 unspecified atom stereocenters. The van der Waals surface area contributed by atoms with Crippen LogP contribution in [0.15, 0.2) is 48.7 Å². The van der Waals surface area contributed by atoms with E-state index in [1.165, 1.54) is 13.0 Å². The smallest absolute Gasteiger partial charge is 0.378 e. The van der Waals surface area contributed by atoms with Crippen molar-refractivity contribution in [3.05, 3.63) is 65.4 Å². The van der Waals surface area contributed by atoms with Gasteiger partial charge in [-0.2, -0.15) is 13.2 Å². The van der Waals surface area contributed by atoms with Crippen molar-refractivity contribution in [1.29, 1.82) is 0 Å². The highest BCUT2D eigenvalue weighted by molar-refractivity contribution is 5.93. The van der Waals surface area contributed by atoms with Crippen molar-refractivity contribution in [3.63, 3.8) is 0 Å². The lowest BCUT2D eigenvalue weighted by atomic mass is 9.77. The largest absolute Gasteiger partial charge is 0.416 e. The molecule has 0 aliphatic carbocycles. The second-order valence-corrected chi connectivity index (χ2v) is 10.2. The molecule has 36 heavy (non-hydrogen) atoms. The van der Waals surface area contributed by atoms with E-state index in [1.807, 2.05) is 31.0 Å². The van der Waals surface area contributed by atoms with E-state index in [0.717, 1.165) is 67.2 Å². The first-order valence-electron chi connectivity index (χ1n) is 12.4. The molecular weight excluding hydrogens is 465 g/mol. The molecule has 1 amide bonds. The Hall–Kier alpha value is -3.29. The van der Waals surface area contributed by atoms with Gasteiger partial charge in [-0.15, -0.1) is 0 Å². The molecule has 5 rings (SSSR count). The fraction of sp³-hybridized carbons (Fsp3) is 0.429. The van der Waals surface area contributed by atoms with Crippen LogP contribution in [-0.2, 0) is 11.0 Å². The minimum Gasteiger partial charge on any atom is -0.378 e. The van der Waals surface area contributed by atoms with Gasteiger partial charge in [0.25, 0.3) is 0 Å². The number of aromatic nitrogens is 1. The highest BCUT2D eigenvalue weighted by Gasteiger charge is 2.46. The third kappa shape index (κ3) is 4.27. The molecule has 5 nitrogen and oxygen atoms in total. The lowest BCUT2D eigenvalue weighted by Gasteiger charge is -2.39. The maximum absolute atomic E-state index is 13.4. The number of hydrogen-bond acceptors (Lipinski definition) is 4. The molecule has 0 radical (unpaired) electrons. The number of benzene rings is 2. The van der Waals surface area contributed by atoms with Crippen LogP contribution in [0, 0.1) is 12.3 Å². The van der Waals surface area contributed by atoms with Crippen molar-refractivity contribution in [2.24, 2.45) is 5.41 Å². The number of alkyl halides is 3. The van der Waals surface area contributed by atoms with E-state index in [9.17, 15) is 18.0 Å². The van der Waals surface area contributed by atoms with Gasteiger partial charge < -0.3 is 15.1 Å². The Labute approximate surface area is 209 Å². The summed E-state index contributed by atoms with van der Waals surface area (Å²) in [6.07, 6.45) is -0.0539. The molecule has 1 N–H and O–H groups in total. The first-order chi connectivity index (χ1) is 17.1. The summed E-state index contributed by atoms with van der Waals surface area (Å²) in [7, 11) is 1.89. The van der Waals surface area contributed by atoms with E-state index in [0.29, 0.717) is 5.56 Å². The maximum Gasteiger partial charge on any atom is 0.416 e. The van der Waals surface area contributed by atoms with Crippen LogP contribution in [-0.4, -0.2) is 42.5 Å². The molecule has 2 aliphatic rings. The van der Waals surface area contributed by atoms with Crippen molar-refractivity contribution < 1.29 is 18.0 Å². The van der Waals surface area contributed by atoms with Crippen molar-refractivity contribution in [2.75, 3.05) is 36.9 Å². The zero-order chi connectivity index (χ0) is 25.7. The fourth-order valence-electron chi connectivity index (χ4n) is 5.85. The number of hydrogen-bond donors (Lipinski definition) is 1. The SMILES string of the molecule is Cc1c([C@@H](C)Nc2ccnc3ccc(N4CCC5(CCN(C)C5=O)CC4)cc23)cccc1C(F)(F)F. The Balaban J connectivity index is 1.39. The second-order valence-electron chi connectivity index (χ2n) is 10.2. The van der Waals surface area contributed by atoms with E-state index in [-0.39, 0.29) is 22.9 Å². The second kappa shape index (κ2) is 8.98. The van der Waals surface area contributed by atoms with Gasteiger partial charge in [-0.05, 0) is 74.6 Å². The number of carbonyl (C=O) groups excluding carboxylic acids is 1. The third-order valence-corrected chi connectivity index (χ3v) is 8.06. The molecule has 8 heteroatoms. The van der Waals surface area contributed by atoms with E-state index >= 15 is 0 Å². The van der Waals surface area contributed by atoms with Gasteiger partial charge in [0, 0.05) is 55.7 Å². The number of halogens is 3. The van der Waals surface area contributed by atoms with Crippen LogP contribution < -0.4 is 10.2 Å². The minimum atomic E-state index is -4.39. The van der Waals surface area contributed by atoms with Gasteiger partial charge in [0.05, 0.1) is 16.5 Å². The van der Waals surface area contributed by atoms with Gasteiger partial charge >= 0.3 is 6.18 Å². The Kier molecular flexibility index (Phi) is 6.09. The number of rotatable bonds is 4. The number of nitrogens with zero attached hydrogens (tertiary/aromatic N) is 3. The number of anilines is 2. The summed E-state index contributed by atoms with van der Waals surface area (Å²) < 4.78 is 40.3. The standard InChI is InChI=1S/C28H31F3N4O/c1-18-21(5-4-6-23(18)28(29,30)31)19(2)33-25-9-13-32-24-8-7-20(17-22(24)25)35-15-11-27(12-16-35)10-14-34(3)26(27)36/h4-9,13,17,19H,10-12,14-16H2,1-3H3,(H,32,33)/t19-/m1/s1. The number of pyridine rings is 1. The molecule has 2 fully saturated rings. The topological polar surface area (TPSA) is 48.5 Å². The molecule has 3 aromatic rings. The summed E-state index contributed by atoms with van der Waals surface area (Å²) in [6, 6.07) is 12.0. The lowest BCUT2D eigenvalue weighted by molar-refractivity contribution is -0.138. The van der Waals surface area contributed by atoms with Gasteiger partial charge in [-0.1, -0.05) is 12.1 Å². The number of fused-ring (bicyclic) bond motifs is 1. The minimum absolute atomic E-state index is 0.214. The quantitative estimate of drug-likeness (QED) is 0.468.